The molecular formula is C13H30N4. The lowest BCUT2D eigenvalue weighted by Crippen LogP contribution is -2.42. The Labute approximate surface area is 106 Å². The number of hydrazine groups is 1. The molecule has 0 radical (unpaired) electrons. The monoisotopic (exact) mass is 242 g/mol. The van der Waals surface area contributed by atoms with Gasteiger partial charge < -0.3 is 5.32 Å². The fraction of sp³-hybridized carbons (Fsp3) is 0.923. The van der Waals surface area contributed by atoms with Crippen LogP contribution in [0.5, 0.6) is 0 Å². The summed E-state index contributed by atoms with van der Waals surface area (Å²) in [6, 6.07) is 0. The topological polar surface area (TPSA) is 62.4 Å². The van der Waals surface area contributed by atoms with Crippen LogP contribution in [0.15, 0.2) is 4.99 Å². The number of guanidine groups is 1. The van der Waals surface area contributed by atoms with Gasteiger partial charge in [0.1, 0.15) is 0 Å². The third-order valence-electron chi connectivity index (χ3n) is 3.13. The van der Waals surface area contributed by atoms with Gasteiger partial charge in [0.05, 0.1) is 0 Å². The highest BCUT2D eigenvalue weighted by Crippen LogP contribution is 2.20. The number of aliphatic imine (C=N–C) groups is 1. The van der Waals surface area contributed by atoms with Gasteiger partial charge in [0, 0.05) is 13.1 Å². The highest BCUT2D eigenvalue weighted by Gasteiger charge is 2.16. The minimum atomic E-state index is 0.603. The van der Waals surface area contributed by atoms with Crippen LogP contribution in [0.3, 0.4) is 0 Å². The quantitative estimate of drug-likeness (QED) is 0.211. The van der Waals surface area contributed by atoms with E-state index >= 15 is 0 Å². The molecule has 0 rings (SSSR count). The average Bonchev–Trinajstić information content (AvgIpc) is 2.26. The van der Waals surface area contributed by atoms with Crippen molar-refractivity contribution in [2.45, 2.75) is 47.5 Å². The zero-order valence-electron chi connectivity index (χ0n) is 12.1. The van der Waals surface area contributed by atoms with Crippen molar-refractivity contribution in [3.05, 3.63) is 0 Å². The lowest BCUT2D eigenvalue weighted by molar-refractivity contribution is 0.297. The maximum Gasteiger partial charge on any atom is 0.205 e. The summed E-state index contributed by atoms with van der Waals surface area (Å²) in [6.45, 7) is 12.9. The molecule has 0 aliphatic carbocycles. The van der Waals surface area contributed by atoms with Gasteiger partial charge in [-0.05, 0) is 24.2 Å². The Hall–Kier alpha value is -0.770. The molecule has 102 valence electrons. The Balaban J connectivity index is 4.22. The first kappa shape index (κ1) is 16.2. The lowest BCUT2D eigenvalue weighted by atomic mass is 9.86. The van der Waals surface area contributed by atoms with Crippen LogP contribution in [0.1, 0.15) is 47.5 Å². The molecule has 0 unspecified atom stereocenters. The van der Waals surface area contributed by atoms with Gasteiger partial charge in [0.25, 0.3) is 0 Å². The summed E-state index contributed by atoms with van der Waals surface area (Å²) in [7, 11) is 0. The van der Waals surface area contributed by atoms with E-state index in [1.165, 1.54) is 6.42 Å². The van der Waals surface area contributed by atoms with Crippen molar-refractivity contribution in [3.8, 4) is 0 Å². The Bertz CT molecular complexity index is 203. The van der Waals surface area contributed by atoms with Crippen molar-refractivity contribution in [1.29, 1.82) is 0 Å². The largest absolute Gasteiger partial charge is 0.355 e. The van der Waals surface area contributed by atoms with Gasteiger partial charge in [-0.3, -0.25) is 10.4 Å². The van der Waals surface area contributed by atoms with E-state index in [9.17, 15) is 0 Å². The Morgan fingerprint density at radius 1 is 1.18 bits per heavy atom. The summed E-state index contributed by atoms with van der Waals surface area (Å²) in [5.41, 5.74) is 2.63. The molecule has 0 heterocycles. The van der Waals surface area contributed by atoms with Gasteiger partial charge in [0.15, 0.2) is 0 Å². The molecule has 0 aromatic carbocycles. The molecule has 0 spiro atoms. The first-order chi connectivity index (χ1) is 8.02. The zero-order valence-corrected chi connectivity index (χ0v) is 12.1. The molecule has 0 amide bonds. The van der Waals surface area contributed by atoms with Crippen molar-refractivity contribution >= 4 is 5.96 Å². The number of rotatable bonds is 7. The molecular weight excluding hydrogens is 212 g/mol. The fourth-order valence-corrected chi connectivity index (χ4v) is 1.92. The third-order valence-corrected chi connectivity index (χ3v) is 3.13. The van der Waals surface area contributed by atoms with E-state index in [1.54, 1.807) is 0 Å². The number of nitrogens with one attached hydrogen (secondary N) is 2. The summed E-state index contributed by atoms with van der Waals surface area (Å²) in [5.74, 6) is 8.06. The minimum Gasteiger partial charge on any atom is -0.355 e. The van der Waals surface area contributed by atoms with E-state index in [4.69, 9.17) is 5.84 Å². The number of nitrogens with two attached hydrogens (primary N) is 1. The van der Waals surface area contributed by atoms with Gasteiger partial charge in [-0.15, -0.1) is 0 Å². The summed E-state index contributed by atoms with van der Waals surface area (Å²) in [4.78, 5) is 4.53. The lowest BCUT2D eigenvalue weighted by Gasteiger charge is -2.23. The Morgan fingerprint density at radius 2 is 1.76 bits per heavy atom. The van der Waals surface area contributed by atoms with Crippen LogP contribution in [0, 0.1) is 17.8 Å². The predicted molar refractivity (Wildman–Crippen MR) is 75.7 cm³/mol. The second-order valence-electron chi connectivity index (χ2n) is 5.27. The molecule has 4 nitrogen and oxygen atoms in total. The highest BCUT2D eigenvalue weighted by atomic mass is 15.3. The van der Waals surface area contributed by atoms with E-state index in [-0.39, 0.29) is 0 Å². The van der Waals surface area contributed by atoms with Gasteiger partial charge >= 0.3 is 0 Å². The molecule has 0 fully saturated rings. The molecule has 4 heteroatoms. The van der Waals surface area contributed by atoms with Gasteiger partial charge in [-0.25, -0.2) is 5.84 Å². The van der Waals surface area contributed by atoms with Crippen molar-refractivity contribution in [3.63, 3.8) is 0 Å². The molecule has 0 aromatic rings. The highest BCUT2D eigenvalue weighted by molar-refractivity contribution is 5.79. The average molecular weight is 242 g/mol. The van der Waals surface area contributed by atoms with Crippen LogP contribution in [0.2, 0.25) is 0 Å². The number of unbranched alkanes of at least 4 members (excludes halogenated alkanes) is 1. The second kappa shape index (κ2) is 9.28. The maximum atomic E-state index is 5.45. The summed E-state index contributed by atoms with van der Waals surface area (Å²) < 4.78 is 0. The van der Waals surface area contributed by atoms with Crippen LogP contribution >= 0.6 is 0 Å². The van der Waals surface area contributed by atoms with Gasteiger partial charge in [-0.2, -0.15) is 0 Å². The Morgan fingerprint density at radius 3 is 2.18 bits per heavy atom. The fourth-order valence-electron chi connectivity index (χ4n) is 1.92. The summed E-state index contributed by atoms with van der Waals surface area (Å²) in [6.07, 6.45) is 2.31. The number of nitrogens with zero attached hydrogens (tertiary/aromatic N) is 1. The van der Waals surface area contributed by atoms with Crippen molar-refractivity contribution < 1.29 is 0 Å². The molecule has 0 aliphatic heterocycles. The van der Waals surface area contributed by atoms with Crippen LogP contribution in [-0.2, 0) is 0 Å². The molecule has 0 bridgehead atoms. The third kappa shape index (κ3) is 7.21. The summed E-state index contributed by atoms with van der Waals surface area (Å²) >= 11 is 0. The molecule has 4 N–H and O–H groups in total. The predicted octanol–water partition coefficient (Wildman–Crippen LogP) is 2.12. The van der Waals surface area contributed by atoms with E-state index < -0.39 is 0 Å². The van der Waals surface area contributed by atoms with Crippen LogP contribution < -0.4 is 16.6 Å². The summed E-state index contributed by atoms with van der Waals surface area (Å²) in [5, 5.41) is 3.22. The molecule has 0 saturated heterocycles. The number of hydrogen-bond donors (Lipinski definition) is 3. The van der Waals surface area contributed by atoms with Gasteiger partial charge in [-0.1, -0.05) is 41.0 Å². The van der Waals surface area contributed by atoms with Crippen LogP contribution in [-0.4, -0.2) is 19.0 Å². The zero-order chi connectivity index (χ0) is 13.3. The van der Waals surface area contributed by atoms with E-state index in [1.807, 2.05) is 0 Å². The molecule has 0 atom stereocenters. The van der Waals surface area contributed by atoms with E-state index in [0.717, 1.165) is 19.5 Å². The normalized spacial score (nSPS) is 12.6. The number of hydrogen-bond acceptors (Lipinski definition) is 2. The maximum absolute atomic E-state index is 5.45. The van der Waals surface area contributed by atoms with Crippen LogP contribution in [0.25, 0.3) is 0 Å². The van der Waals surface area contributed by atoms with Crippen molar-refractivity contribution in [2.24, 2.45) is 28.6 Å². The van der Waals surface area contributed by atoms with Crippen LogP contribution in [0.4, 0.5) is 0 Å². The Kier molecular flexibility index (Phi) is 8.86. The first-order valence-corrected chi connectivity index (χ1v) is 6.77. The van der Waals surface area contributed by atoms with Gasteiger partial charge in [0.2, 0.25) is 5.96 Å². The smallest absolute Gasteiger partial charge is 0.205 e. The van der Waals surface area contributed by atoms with E-state index in [0.29, 0.717) is 23.7 Å². The first-order valence-electron chi connectivity index (χ1n) is 6.77. The second-order valence-corrected chi connectivity index (χ2v) is 5.27. The van der Waals surface area contributed by atoms with E-state index in [2.05, 4.69) is 50.4 Å². The van der Waals surface area contributed by atoms with Crippen molar-refractivity contribution in [1.82, 2.24) is 10.7 Å². The minimum absolute atomic E-state index is 0.603. The SMILES string of the molecule is CCCCNC(=NCC(C(C)C)C(C)C)NN. The molecule has 0 aliphatic rings. The molecule has 17 heavy (non-hydrogen) atoms. The van der Waals surface area contributed by atoms with Crippen molar-refractivity contribution in [2.75, 3.05) is 13.1 Å². The molecule has 0 saturated carbocycles. The molecule has 0 aromatic heterocycles. The standard InChI is InChI=1S/C13H30N4/c1-6-7-8-15-13(17-14)16-9-12(10(2)3)11(4)5/h10-12H,6-9,14H2,1-5H3,(H2,15,16,17).